The van der Waals surface area contributed by atoms with Crippen LogP contribution in [0.15, 0.2) is 77.4 Å². The first kappa shape index (κ1) is 24.0. The van der Waals surface area contributed by atoms with Gasteiger partial charge in [0.15, 0.2) is 17.2 Å². The number of carbonyl (C=O) groups is 2. The predicted molar refractivity (Wildman–Crippen MR) is 132 cm³/mol. The lowest BCUT2D eigenvalue weighted by Crippen LogP contribution is -2.09. The molecule has 4 rings (SSSR count). The highest BCUT2D eigenvalue weighted by Crippen LogP contribution is 2.31. The van der Waals surface area contributed by atoms with Crippen LogP contribution in [0.4, 0.5) is 0 Å². The van der Waals surface area contributed by atoms with Crippen LogP contribution in [0, 0.1) is 0 Å². The molecular formula is C27H22ClNO6. The van der Waals surface area contributed by atoms with Gasteiger partial charge in [-0.05, 0) is 86.2 Å². The van der Waals surface area contributed by atoms with Crippen LogP contribution in [0.1, 0.15) is 35.3 Å². The molecular weight excluding hydrogens is 470 g/mol. The van der Waals surface area contributed by atoms with Gasteiger partial charge in [-0.2, -0.15) is 0 Å². The number of hydrogen-bond donors (Lipinski definition) is 0. The maximum absolute atomic E-state index is 12.5. The molecule has 0 fully saturated rings. The summed E-state index contributed by atoms with van der Waals surface area (Å²) in [5, 5.41) is 0.521. The van der Waals surface area contributed by atoms with Crippen LogP contribution in [-0.2, 0) is 9.53 Å². The molecule has 3 aromatic rings. The standard InChI is InChI=1S/C27H22ClNO6/c1-3-32-21-12-8-18(9-13-21)25-29-22(27(31)35-25)15-17-5-14-23(24(16-17)33-4-2)34-26(30)19-6-10-20(28)11-7-19/h5-16H,3-4H2,1-2H3/b22-15-. The summed E-state index contributed by atoms with van der Waals surface area (Å²) in [5.41, 5.74) is 1.78. The van der Waals surface area contributed by atoms with Gasteiger partial charge in [0, 0.05) is 10.6 Å². The van der Waals surface area contributed by atoms with E-state index in [-0.39, 0.29) is 17.3 Å². The summed E-state index contributed by atoms with van der Waals surface area (Å²) in [5.74, 6) is 0.427. The molecule has 0 radical (unpaired) electrons. The molecule has 8 heteroatoms. The number of esters is 2. The van der Waals surface area contributed by atoms with Gasteiger partial charge < -0.3 is 18.9 Å². The Labute approximate surface area is 207 Å². The highest BCUT2D eigenvalue weighted by molar-refractivity contribution is 6.30. The molecule has 35 heavy (non-hydrogen) atoms. The minimum Gasteiger partial charge on any atom is -0.494 e. The summed E-state index contributed by atoms with van der Waals surface area (Å²) >= 11 is 5.88. The molecule has 0 amide bonds. The van der Waals surface area contributed by atoms with E-state index in [9.17, 15) is 9.59 Å². The van der Waals surface area contributed by atoms with Crippen LogP contribution in [0.2, 0.25) is 5.02 Å². The monoisotopic (exact) mass is 491 g/mol. The molecule has 1 aliphatic heterocycles. The van der Waals surface area contributed by atoms with Gasteiger partial charge in [-0.3, -0.25) is 0 Å². The molecule has 0 saturated heterocycles. The molecule has 0 N–H and O–H groups in total. The number of ether oxygens (including phenoxy) is 4. The molecule has 0 atom stereocenters. The number of aliphatic imine (C=N–C) groups is 1. The highest BCUT2D eigenvalue weighted by atomic mass is 35.5. The van der Waals surface area contributed by atoms with Gasteiger partial charge in [0.05, 0.1) is 18.8 Å². The van der Waals surface area contributed by atoms with E-state index in [1.807, 2.05) is 13.8 Å². The van der Waals surface area contributed by atoms with Crippen molar-refractivity contribution in [1.82, 2.24) is 0 Å². The van der Waals surface area contributed by atoms with Crippen molar-refractivity contribution in [1.29, 1.82) is 0 Å². The summed E-state index contributed by atoms with van der Waals surface area (Å²) in [6.45, 7) is 4.64. The Morgan fingerprint density at radius 2 is 1.66 bits per heavy atom. The lowest BCUT2D eigenvalue weighted by Gasteiger charge is -2.11. The SMILES string of the molecule is CCOc1ccc(C2=N/C(=C\c3ccc(OC(=O)c4ccc(Cl)cc4)c(OCC)c3)C(=O)O2)cc1. The Morgan fingerprint density at radius 3 is 2.34 bits per heavy atom. The summed E-state index contributed by atoms with van der Waals surface area (Å²) < 4.78 is 21.9. The van der Waals surface area contributed by atoms with Crippen molar-refractivity contribution in [3.63, 3.8) is 0 Å². The lowest BCUT2D eigenvalue weighted by molar-refractivity contribution is -0.129. The molecule has 7 nitrogen and oxygen atoms in total. The van der Waals surface area contributed by atoms with Crippen LogP contribution in [0.5, 0.6) is 17.2 Å². The van der Waals surface area contributed by atoms with E-state index >= 15 is 0 Å². The number of benzene rings is 3. The summed E-state index contributed by atoms with van der Waals surface area (Å²) in [4.78, 5) is 29.2. The normalized spacial score (nSPS) is 13.9. The van der Waals surface area contributed by atoms with Crippen molar-refractivity contribution in [2.24, 2.45) is 4.99 Å². The van der Waals surface area contributed by atoms with Crippen LogP contribution < -0.4 is 14.2 Å². The van der Waals surface area contributed by atoms with Gasteiger partial charge in [0.1, 0.15) is 5.75 Å². The summed E-state index contributed by atoms with van der Waals surface area (Å²) in [6, 6.07) is 18.5. The zero-order valence-electron chi connectivity index (χ0n) is 19.1. The van der Waals surface area contributed by atoms with E-state index < -0.39 is 11.9 Å². The summed E-state index contributed by atoms with van der Waals surface area (Å²) in [6.07, 6.45) is 1.58. The first-order chi connectivity index (χ1) is 17.0. The van der Waals surface area contributed by atoms with E-state index in [2.05, 4.69) is 4.99 Å². The van der Waals surface area contributed by atoms with Crippen molar-refractivity contribution in [2.45, 2.75) is 13.8 Å². The maximum Gasteiger partial charge on any atom is 0.363 e. The van der Waals surface area contributed by atoms with Gasteiger partial charge in [0.25, 0.3) is 0 Å². The molecule has 178 valence electrons. The number of cyclic esters (lactones) is 1. The average Bonchev–Trinajstić information content (AvgIpc) is 3.22. The Bertz CT molecular complexity index is 1300. The number of halogens is 1. The number of nitrogens with zero attached hydrogens (tertiary/aromatic N) is 1. The molecule has 0 unspecified atom stereocenters. The molecule has 0 spiro atoms. The number of hydrogen-bond acceptors (Lipinski definition) is 7. The van der Waals surface area contributed by atoms with Crippen molar-refractivity contribution in [2.75, 3.05) is 13.2 Å². The fraction of sp³-hybridized carbons (Fsp3) is 0.148. The topological polar surface area (TPSA) is 83.4 Å². The van der Waals surface area contributed by atoms with Crippen molar-refractivity contribution < 1.29 is 28.5 Å². The minimum atomic E-state index is -0.565. The van der Waals surface area contributed by atoms with E-state index in [1.54, 1.807) is 72.8 Å². The Kier molecular flexibility index (Phi) is 7.48. The molecule has 3 aromatic carbocycles. The van der Waals surface area contributed by atoms with Crippen LogP contribution in [0.25, 0.3) is 6.08 Å². The smallest absolute Gasteiger partial charge is 0.363 e. The summed E-state index contributed by atoms with van der Waals surface area (Å²) in [7, 11) is 0. The maximum atomic E-state index is 12.5. The third-order valence-electron chi connectivity index (χ3n) is 4.89. The minimum absolute atomic E-state index is 0.141. The number of rotatable bonds is 8. The second kappa shape index (κ2) is 10.9. The van der Waals surface area contributed by atoms with Crippen molar-refractivity contribution in [3.8, 4) is 17.2 Å². The second-order valence-electron chi connectivity index (χ2n) is 7.33. The fourth-order valence-corrected chi connectivity index (χ4v) is 3.39. The molecule has 1 aliphatic rings. The Hall–Kier alpha value is -4.10. The van der Waals surface area contributed by atoms with Gasteiger partial charge in [-0.1, -0.05) is 17.7 Å². The molecule has 0 bridgehead atoms. The zero-order chi connectivity index (χ0) is 24.8. The Balaban J connectivity index is 1.55. The number of carbonyl (C=O) groups excluding carboxylic acids is 2. The van der Waals surface area contributed by atoms with Gasteiger partial charge in [0.2, 0.25) is 5.90 Å². The first-order valence-corrected chi connectivity index (χ1v) is 11.3. The van der Waals surface area contributed by atoms with E-state index in [0.29, 0.717) is 40.7 Å². The molecule has 1 heterocycles. The largest absolute Gasteiger partial charge is 0.494 e. The fourth-order valence-electron chi connectivity index (χ4n) is 3.26. The van der Waals surface area contributed by atoms with E-state index in [4.69, 9.17) is 30.5 Å². The molecule has 0 aliphatic carbocycles. The second-order valence-corrected chi connectivity index (χ2v) is 7.77. The van der Waals surface area contributed by atoms with Gasteiger partial charge in [-0.15, -0.1) is 0 Å². The zero-order valence-corrected chi connectivity index (χ0v) is 19.9. The third kappa shape index (κ3) is 5.88. The van der Waals surface area contributed by atoms with Gasteiger partial charge >= 0.3 is 11.9 Å². The quantitative estimate of drug-likeness (QED) is 0.228. The molecule has 0 aromatic heterocycles. The van der Waals surface area contributed by atoms with Crippen molar-refractivity contribution >= 4 is 35.5 Å². The van der Waals surface area contributed by atoms with E-state index in [1.165, 1.54) is 0 Å². The van der Waals surface area contributed by atoms with Crippen LogP contribution in [0.3, 0.4) is 0 Å². The molecule has 0 saturated carbocycles. The van der Waals surface area contributed by atoms with Crippen molar-refractivity contribution in [3.05, 3.63) is 94.1 Å². The van der Waals surface area contributed by atoms with E-state index in [0.717, 1.165) is 5.75 Å². The first-order valence-electron chi connectivity index (χ1n) is 11.0. The van der Waals surface area contributed by atoms with Crippen LogP contribution in [-0.4, -0.2) is 31.1 Å². The average molecular weight is 492 g/mol. The van der Waals surface area contributed by atoms with Gasteiger partial charge in [-0.25, -0.2) is 14.6 Å². The predicted octanol–water partition coefficient (Wildman–Crippen LogP) is 5.70. The Morgan fingerprint density at radius 1 is 0.943 bits per heavy atom. The lowest BCUT2D eigenvalue weighted by atomic mass is 10.1. The third-order valence-corrected chi connectivity index (χ3v) is 5.14. The van der Waals surface area contributed by atoms with Crippen LogP contribution >= 0.6 is 11.6 Å². The highest BCUT2D eigenvalue weighted by Gasteiger charge is 2.24.